The van der Waals surface area contributed by atoms with Crippen molar-refractivity contribution in [3.63, 3.8) is 0 Å². The molecular weight excluding hydrogens is 199 g/mol. The van der Waals surface area contributed by atoms with Crippen LogP contribution in [-0.2, 0) is 0 Å². The lowest BCUT2D eigenvalue weighted by Crippen LogP contribution is -1.84. The fourth-order valence-corrected chi connectivity index (χ4v) is 1.17. The lowest BCUT2D eigenvalue weighted by Gasteiger charge is -1.93. The molecule has 0 bridgehead atoms. The maximum atomic E-state index is 2.46. The quantitative estimate of drug-likeness (QED) is 0.371. The Morgan fingerprint density at radius 1 is 2.00 bits per heavy atom. The summed E-state index contributed by atoms with van der Waals surface area (Å²) in [7, 11) is 0. The van der Waals surface area contributed by atoms with E-state index in [1.807, 2.05) is 0 Å². The molecule has 0 N–H and O–H groups in total. The second-order valence-electron chi connectivity index (χ2n) is 2.05. The molecule has 0 amide bonds. The molecule has 7 heavy (non-hydrogen) atoms. The van der Waals surface area contributed by atoms with Crippen molar-refractivity contribution in [3.05, 3.63) is 11.6 Å². The minimum atomic E-state index is 0.839. The van der Waals surface area contributed by atoms with Gasteiger partial charge in [-0.3, -0.25) is 0 Å². The number of allylic oxidation sites excluding steroid dienone is 2. The van der Waals surface area contributed by atoms with Gasteiger partial charge in [-0.15, -0.1) is 0 Å². The molecule has 0 radical (unpaired) electrons. The van der Waals surface area contributed by atoms with E-state index in [-0.39, 0.29) is 0 Å². The third-order valence-corrected chi connectivity index (χ3v) is 1.48. The molecule has 0 aromatic carbocycles. The summed E-state index contributed by atoms with van der Waals surface area (Å²) in [5.41, 5.74) is 1.65. The van der Waals surface area contributed by atoms with E-state index in [0.717, 1.165) is 3.92 Å². The van der Waals surface area contributed by atoms with Gasteiger partial charge in [0.15, 0.2) is 0 Å². The van der Waals surface area contributed by atoms with Gasteiger partial charge in [0.1, 0.15) is 0 Å². The summed E-state index contributed by atoms with van der Waals surface area (Å²) in [6.07, 6.45) is 4.92. The zero-order chi connectivity index (χ0) is 5.28. The van der Waals surface area contributed by atoms with Crippen LogP contribution in [0, 0.1) is 0 Å². The van der Waals surface area contributed by atoms with Crippen molar-refractivity contribution in [2.24, 2.45) is 0 Å². The first kappa shape index (κ1) is 5.60. The maximum absolute atomic E-state index is 2.46. The minimum absolute atomic E-state index is 0.839. The van der Waals surface area contributed by atoms with Crippen LogP contribution in [0.1, 0.15) is 19.8 Å². The highest BCUT2D eigenvalue weighted by molar-refractivity contribution is 14.1. The van der Waals surface area contributed by atoms with E-state index in [9.17, 15) is 0 Å². The third-order valence-electron chi connectivity index (χ3n) is 1.04. The fourth-order valence-electron chi connectivity index (χ4n) is 0.600. The first-order valence-corrected chi connectivity index (χ1v) is 3.85. The van der Waals surface area contributed by atoms with E-state index in [2.05, 4.69) is 35.6 Å². The molecule has 1 atom stereocenters. The van der Waals surface area contributed by atoms with Crippen molar-refractivity contribution in [1.82, 2.24) is 0 Å². The topological polar surface area (TPSA) is 0 Å². The van der Waals surface area contributed by atoms with Gasteiger partial charge in [0.2, 0.25) is 0 Å². The molecule has 0 aliphatic heterocycles. The predicted octanol–water partition coefficient (Wildman–Crippen LogP) is 2.53. The minimum Gasteiger partial charge on any atom is -0.0826 e. The summed E-state index contributed by atoms with van der Waals surface area (Å²) in [6.45, 7) is 2.25. The Labute approximate surface area is 58.1 Å². The van der Waals surface area contributed by atoms with Crippen LogP contribution < -0.4 is 0 Å². The Balaban J connectivity index is 2.09. The highest BCUT2D eigenvalue weighted by Gasteiger charge is 2.08. The standard InChI is InChI=1S/C6H9I/c1-5(7)4-6-2-3-6/h2,5H,3-4H2,1H3. The molecule has 0 aromatic heterocycles. The zero-order valence-electron chi connectivity index (χ0n) is 4.45. The fraction of sp³-hybridized carbons (Fsp3) is 0.667. The summed E-state index contributed by atoms with van der Waals surface area (Å²) in [6, 6.07) is 0. The molecule has 0 aromatic rings. The van der Waals surface area contributed by atoms with Gasteiger partial charge in [0.25, 0.3) is 0 Å². The van der Waals surface area contributed by atoms with Crippen LogP contribution in [0.4, 0.5) is 0 Å². The van der Waals surface area contributed by atoms with Crippen molar-refractivity contribution >= 4 is 22.6 Å². The lowest BCUT2D eigenvalue weighted by atomic mass is 10.3. The molecule has 0 spiro atoms. The first-order valence-electron chi connectivity index (χ1n) is 2.61. The monoisotopic (exact) mass is 208 g/mol. The van der Waals surface area contributed by atoms with Crippen molar-refractivity contribution in [2.45, 2.75) is 23.7 Å². The van der Waals surface area contributed by atoms with Gasteiger partial charge in [0.05, 0.1) is 0 Å². The average Bonchev–Trinajstić information content (AvgIpc) is 2.17. The van der Waals surface area contributed by atoms with Crippen LogP contribution in [0.2, 0.25) is 0 Å². The van der Waals surface area contributed by atoms with Gasteiger partial charge in [-0.1, -0.05) is 41.2 Å². The molecule has 0 fully saturated rings. The molecule has 0 heterocycles. The number of alkyl halides is 1. The summed E-state index contributed by atoms with van der Waals surface area (Å²) < 4.78 is 0.839. The highest BCUT2D eigenvalue weighted by atomic mass is 127. The van der Waals surface area contributed by atoms with Gasteiger partial charge in [-0.05, 0) is 12.8 Å². The molecule has 0 nitrogen and oxygen atoms in total. The average molecular weight is 208 g/mol. The van der Waals surface area contributed by atoms with Gasteiger partial charge < -0.3 is 0 Å². The number of hydrogen-bond donors (Lipinski definition) is 0. The van der Waals surface area contributed by atoms with Crippen LogP contribution in [0.3, 0.4) is 0 Å². The number of hydrogen-bond acceptors (Lipinski definition) is 0. The van der Waals surface area contributed by atoms with Crippen LogP contribution in [0.15, 0.2) is 11.6 Å². The molecule has 40 valence electrons. The van der Waals surface area contributed by atoms with Gasteiger partial charge in [-0.25, -0.2) is 0 Å². The van der Waals surface area contributed by atoms with E-state index in [1.54, 1.807) is 5.57 Å². The SMILES string of the molecule is CC(I)CC1=CC1. The Morgan fingerprint density at radius 3 is 2.71 bits per heavy atom. The Kier molecular flexibility index (Phi) is 1.73. The number of rotatable bonds is 2. The molecule has 0 saturated heterocycles. The van der Waals surface area contributed by atoms with Crippen LogP contribution in [0.25, 0.3) is 0 Å². The molecule has 1 rings (SSSR count). The smallest absolute Gasteiger partial charge is 0.0119 e. The first-order chi connectivity index (χ1) is 3.29. The molecular formula is C6H9I. The zero-order valence-corrected chi connectivity index (χ0v) is 6.60. The summed E-state index contributed by atoms with van der Waals surface area (Å²) in [5, 5.41) is 0. The summed E-state index contributed by atoms with van der Waals surface area (Å²) in [5.74, 6) is 0. The van der Waals surface area contributed by atoms with Crippen LogP contribution in [0.5, 0.6) is 0 Å². The Bertz CT molecular complexity index is 92.4. The largest absolute Gasteiger partial charge is 0.0826 e. The molecule has 1 aliphatic carbocycles. The molecule has 1 unspecified atom stereocenters. The van der Waals surface area contributed by atoms with Gasteiger partial charge >= 0.3 is 0 Å². The van der Waals surface area contributed by atoms with E-state index < -0.39 is 0 Å². The Morgan fingerprint density at radius 2 is 2.57 bits per heavy atom. The summed E-state index contributed by atoms with van der Waals surface area (Å²) >= 11 is 2.46. The van der Waals surface area contributed by atoms with Crippen molar-refractivity contribution < 1.29 is 0 Å². The molecule has 0 saturated carbocycles. The van der Waals surface area contributed by atoms with E-state index in [1.165, 1.54) is 12.8 Å². The van der Waals surface area contributed by atoms with E-state index in [4.69, 9.17) is 0 Å². The lowest BCUT2D eigenvalue weighted by molar-refractivity contribution is 0.983. The molecule has 1 aliphatic rings. The van der Waals surface area contributed by atoms with Gasteiger partial charge in [-0.2, -0.15) is 0 Å². The molecule has 1 heteroatoms. The predicted molar refractivity (Wildman–Crippen MR) is 40.8 cm³/mol. The van der Waals surface area contributed by atoms with Crippen molar-refractivity contribution in [3.8, 4) is 0 Å². The Hall–Kier alpha value is 0.470. The summed E-state index contributed by atoms with van der Waals surface area (Å²) in [4.78, 5) is 0. The van der Waals surface area contributed by atoms with Crippen molar-refractivity contribution in [2.75, 3.05) is 0 Å². The normalized spacial score (nSPS) is 21.1. The van der Waals surface area contributed by atoms with E-state index >= 15 is 0 Å². The maximum Gasteiger partial charge on any atom is 0.0119 e. The van der Waals surface area contributed by atoms with Gasteiger partial charge in [0, 0.05) is 3.92 Å². The second kappa shape index (κ2) is 2.16. The van der Waals surface area contributed by atoms with Crippen molar-refractivity contribution in [1.29, 1.82) is 0 Å². The highest BCUT2D eigenvalue weighted by Crippen LogP contribution is 2.26. The van der Waals surface area contributed by atoms with E-state index in [0.29, 0.717) is 0 Å². The van der Waals surface area contributed by atoms with Crippen LogP contribution >= 0.6 is 22.6 Å². The second-order valence-corrected chi connectivity index (χ2v) is 4.18. The number of halogens is 1. The van der Waals surface area contributed by atoms with Crippen LogP contribution in [-0.4, -0.2) is 3.92 Å². The third kappa shape index (κ3) is 2.32.